The zero-order chi connectivity index (χ0) is 14.0. The maximum atomic E-state index is 12.0. The molecule has 1 aliphatic heterocycles. The second kappa shape index (κ2) is 5.19. The number of hydrogen-bond acceptors (Lipinski definition) is 4. The van der Waals surface area contributed by atoms with Gasteiger partial charge in [-0.15, -0.1) is 11.6 Å². The van der Waals surface area contributed by atoms with Crippen LogP contribution < -0.4 is 5.32 Å². The Labute approximate surface area is 116 Å². The van der Waals surface area contributed by atoms with E-state index in [2.05, 4.69) is 5.32 Å². The summed E-state index contributed by atoms with van der Waals surface area (Å²) in [6.07, 6.45) is 0. The second-order valence-electron chi connectivity index (χ2n) is 4.37. The molecule has 0 saturated carbocycles. The van der Waals surface area contributed by atoms with Crippen LogP contribution in [0.5, 0.6) is 0 Å². The standard InChI is InChI=1S/C12H11ClN2O3S/c13-10-6-19(17,18)7-11(10)15-12(16)9-3-1-2-8(4-9)5-14/h1-4,10-11H,6-7H2,(H,15,16). The average Bonchev–Trinajstić information content (AvgIpc) is 2.62. The van der Waals surface area contributed by atoms with Crippen molar-refractivity contribution >= 4 is 27.3 Å². The SMILES string of the molecule is N#Cc1cccc(C(=O)NC2CS(=O)(=O)CC2Cl)c1. The summed E-state index contributed by atoms with van der Waals surface area (Å²) in [4.78, 5) is 12.0. The zero-order valence-corrected chi connectivity index (χ0v) is 11.4. The van der Waals surface area contributed by atoms with Gasteiger partial charge in [0.25, 0.3) is 5.91 Å². The number of halogens is 1. The molecule has 100 valence electrons. The third-order valence-electron chi connectivity index (χ3n) is 2.85. The fourth-order valence-electron chi connectivity index (χ4n) is 1.92. The molecule has 1 heterocycles. The summed E-state index contributed by atoms with van der Waals surface area (Å²) >= 11 is 5.91. The Balaban J connectivity index is 2.12. The molecule has 0 aromatic heterocycles. The fraction of sp³-hybridized carbons (Fsp3) is 0.333. The van der Waals surface area contributed by atoms with Crippen molar-refractivity contribution in [1.29, 1.82) is 5.26 Å². The summed E-state index contributed by atoms with van der Waals surface area (Å²) < 4.78 is 22.8. The normalized spacial score (nSPS) is 24.6. The lowest BCUT2D eigenvalue weighted by atomic mass is 10.1. The first-order valence-electron chi connectivity index (χ1n) is 5.57. The van der Waals surface area contributed by atoms with Crippen LogP contribution in [0, 0.1) is 11.3 Å². The number of carbonyl (C=O) groups excluding carboxylic acids is 1. The largest absolute Gasteiger partial charge is 0.347 e. The predicted molar refractivity (Wildman–Crippen MR) is 70.7 cm³/mol. The van der Waals surface area contributed by atoms with Gasteiger partial charge in [0.15, 0.2) is 9.84 Å². The van der Waals surface area contributed by atoms with Crippen molar-refractivity contribution in [2.75, 3.05) is 11.5 Å². The van der Waals surface area contributed by atoms with Crippen molar-refractivity contribution in [2.45, 2.75) is 11.4 Å². The lowest BCUT2D eigenvalue weighted by Crippen LogP contribution is -2.40. The number of amides is 1. The zero-order valence-electron chi connectivity index (χ0n) is 9.84. The number of nitriles is 1. The highest BCUT2D eigenvalue weighted by Gasteiger charge is 2.37. The minimum Gasteiger partial charge on any atom is -0.347 e. The summed E-state index contributed by atoms with van der Waals surface area (Å²) in [7, 11) is -3.18. The Morgan fingerprint density at radius 2 is 2.16 bits per heavy atom. The van der Waals surface area contributed by atoms with Crippen LogP contribution in [-0.4, -0.2) is 37.2 Å². The van der Waals surface area contributed by atoms with E-state index in [9.17, 15) is 13.2 Å². The van der Waals surface area contributed by atoms with Crippen molar-refractivity contribution in [3.63, 3.8) is 0 Å². The molecule has 1 aromatic carbocycles. The highest BCUT2D eigenvalue weighted by atomic mass is 35.5. The molecule has 0 spiro atoms. The second-order valence-corrected chi connectivity index (χ2v) is 7.08. The topological polar surface area (TPSA) is 87.0 Å². The van der Waals surface area contributed by atoms with Gasteiger partial charge < -0.3 is 5.32 Å². The van der Waals surface area contributed by atoms with Crippen molar-refractivity contribution in [1.82, 2.24) is 5.32 Å². The summed E-state index contributed by atoms with van der Waals surface area (Å²) in [6.45, 7) is 0. The highest BCUT2D eigenvalue weighted by Crippen LogP contribution is 2.18. The maximum absolute atomic E-state index is 12.0. The molecule has 1 aliphatic rings. The van der Waals surface area contributed by atoms with Crippen molar-refractivity contribution < 1.29 is 13.2 Å². The molecule has 0 radical (unpaired) electrons. The van der Waals surface area contributed by atoms with Gasteiger partial charge in [-0.1, -0.05) is 6.07 Å². The van der Waals surface area contributed by atoms with Gasteiger partial charge in [-0.05, 0) is 18.2 Å². The lowest BCUT2D eigenvalue weighted by Gasteiger charge is -2.14. The van der Waals surface area contributed by atoms with Crippen LogP contribution >= 0.6 is 11.6 Å². The van der Waals surface area contributed by atoms with Gasteiger partial charge in [0.05, 0.1) is 34.6 Å². The third-order valence-corrected chi connectivity index (χ3v) is 5.23. The predicted octanol–water partition coefficient (Wildman–Crippen LogP) is 0.692. The van der Waals surface area contributed by atoms with E-state index in [0.29, 0.717) is 11.1 Å². The van der Waals surface area contributed by atoms with Gasteiger partial charge in [0.1, 0.15) is 0 Å². The maximum Gasteiger partial charge on any atom is 0.251 e. The fourth-order valence-corrected chi connectivity index (χ4v) is 4.47. The Morgan fingerprint density at radius 1 is 1.42 bits per heavy atom. The van der Waals surface area contributed by atoms with Gasteiger partial charge in [-0.3, -0.25) is 4.79 Å². The number of sulfone groups is 1. The van der Waals surface area contributed by atoms with E-state index in [1.807, 2.05) is 6.07 Å². The van der Waals surface area contributed by atoms with Crippen LogP contribution in [0.4, 0.5) is 0 Å². The Hall–Kier alpha value is -1.58. The molecule has 7 heteroatoms. The lowest BCUT2D eigenvalue weighted by molar-refractivity contribution is 0.0941. The molecule has 1 aromatic rings. The Bertz CT molecular complexity index is 651. The molecular weight excluding hydrogens is 288 g/mol. The third kappa shape index (κ3) is 3.25. The number of nitrogens with one attached hydrogen (secondary N) is 1. The van der Waals surface area contributed by atoms with Gasteiger partial charge in [0, 0.05) is 5.56 Å². The van der Waals surface area contributed by atoms with Crippen LogP contribution in [0.2, 0.25) is 0 Å². The first-order chi connectivity index (χ1) is 8.91. The number of carbonyl (C=O) groups is 1. The smallest absolute Gasteiger partial charge is 0.251 e. The molecule has 1 amide bonds. The first-order valence-corrected chi connectivity index (χ1v) is 7.82. The van der Waals surface area contributed by atoms with Crippen LogP contribution in [0.3, 0.4) is 0 Å². The van der Waals surface area contributed by atoms with Crippen LogP contribution in [-0.2, 0) is 9.84 Å². The quantitative estimate of drug-likeness (QED) is 0.814. The van der Waals surface area contributed by atoms with E-state index in [4.69, 9.17) is 16.9 Å². The average molecular weight is 299 g/mol. The molecule has 0 bridgehead atoms. The molecule has 2 atom stereocenters. The number of rotatable bonds is 2. The molecule has 1 fully saturated rings. The molecule has 1 saturated heterocycles. The number of nitrogens with zero attached hydrogens (tertiary/aromatic N) is 1. The summed E-state index contributed by atoms with van der Waals surface area (Å²) in [5.74, 6) is -0.701. The minimum absolute atomic E-state index is 0.127. The molecular formula is C12H11ClN2O3S. The van der Waals surface area contributed by atoms with E-state index in [1.165, 1.54) is 6.07 Å². The van der Waals surface area contributed by atoms with Crippen molar-refractivity contribution in [3.05, 3.63) is 35.4 Å². The van der Waals surface area contributed by atoms with Gasteiger partial charge >= 0.3 is 0 Å². The van der Waals surface area contributed by atoms with E-state index >= 15 is 0 Å². The molecule has 19 heavy (non-hydrogen) atoms. The summed E-state index contributed by atoms with van der Waals surface area (Å²) in [5, 5.41) is 10.7. The van der Waals surface area contributed by atoms with Crippen molar-refractivity contribution in [3.8, 4) is 6.07 Å². The van der Waals surface area contributed by atoms with Gasteiger partial charge in [-0.25, -0.2) is 8.42 Å². The molecule has 0 aliphatic carbocycles. The van der Waals surface area contributed by atoms with Crippen LogP contribution in [0.1, 0.15) is 15.9 Å². The van der Waals surface area contributed by atoms with E-state index in [1.54, 1.807) is 18.2 Å². The van der Waals surface area contributed by atoms with E-state index in [-0.39, 0.29) is 11.5 Å². The number of benzene rings is 1. The Kier molecular flexibility index (Phi) is 3.78. The minimum atomic E-state index is -3.18. The number of alkyl halides is 1. The van der Waals surface area contributed by atoms with E-state index < -0.39 is 27.2 Å². The first kappa shape index (κ1) is 13.8. The van der Waals surface area contributed by atoms with Gasteiger partial charge in [-0.2, -0.15) is 5.26 Å². The Morgan fingerprint density at radius 3 is 2.74 bits per heavy atom. The highest BCUT2D eigenvalue weighted by molar-refractivity contribution is 7.91. The van der Waals surface area contributed by atoms with E-state index in [0.717, 1.165) is 0 Å². The number of hydrogen-bond donors (Lipinski definition) is 1. The molecule has 1 N–H and O–H groups in total. The molecule has 5 nitrogen and oxygen atoms in total. The van der Waals surface area contributed by atoms with Crippen LogP contribution in [0.25, 0.3) is 0 Å². The van der Waals surface area contributed by atoms with Crippen LogP contribution in [0.15, 0.2) is 24.3 Å². The summed E-state index contributed by atoms with van der Waals surface area (Å²) in [5.41, 5.74) is 0.682. The molecule has 2 unspecified atom stereocenters. The van der Waals surface area contributed by atoms with Gasteiger partial charge in [0.2, 0.25) is 0 Å². The van der Waals surface area contributed by atoms with Crippen molar-refractivity contribution in [2.24, 2.45) is 0 Å². The summed E-state index contributed by atoms with van der Waals surface area (Å²) in [6, 6.07) is 7.53. The monoisotopic (exact) mass is 298 g/mol. The molecule has 2 rings (SSSR count).